The van der Waals surface area contributed by atoms with Crippen molar-refractivity contribution in [1.29, 1.82) is 0 Å². The quantitative estimate of drug-likeness (QED) is 0.361. The number of ether oxygens (including phenoxy) is 3. The Morgan fingerprint density at radius 3 is 3.13 bits per heavy atom. The van der Waals surface area contributed by atoms with Gasteiger partial charge in [0.2, 0.25) is 0 Å². The Morgan fingerprint density at radius 2 is 2.33 bits per heavy atom. The highest BCUT2D eigenvalue weighted by molar-refractivity contribution is 6.08. The van der Waals surface area contributed by atoms with Gasteiger partial charge < -0.3 is 14.2 Å². The molecule has 0 amide bonds. The predicted molar refractivity (Wildman–Crippen MR) is 55.8 cm³/mol. The summed E-state index contributed by atoms with van der Waals surface area (Å²) in [5.74, 6) is -0.0834. The third kappa shape index (κ3) is 1.37. The summed E-state index contributed by atoms with van der Waals surface area (Å²) in [4.78, 5) is 11.4. The average Bonchev–Trinajstić information content (AvgIpc) is 2.81. The first-order valence-corrected chi connectivity index (χ1v) is 7.20. The Labute approximate surface area is 91.7 Å². The van der Waals surface area contributed by atoms with Crippen molar-refractivity contribution in [2.24, 2.45) is 5.92 Å². The second-order valence-electron chi connectivity index (χ2n) is 4.57. The van der Waals surface area contributed by atoms with Crippen LogP contribution in [0.25, 0.3) is 0 Å². The van der Waals surface area contributed by atoms with E-state index in [2.05, 4.69) is 0 Å². The molecule has 2 bridgehead atoms. The van der Waals surface area contributed by atoms with E-state index in [1.165, 1.54) is 16.3 Å². The normalized spacial score (nSPS) is 46.4. The molecule has 3 aliphatic heterocycles. The largest absolute Gasteiger partial charge is 0.456 e. The Balaban J connectivity index is 1.65. The van der Waals surface area contributed by atoms with Gasteiger partial charge >= 0.3 is 5.97 Å². The lowest BCUT2D eigenvalue weighted by Gasteiger charge is -2.22. The van der Waals surface area contributed by atoms with Crippen LogP contribution in [0.15, 0.2) is 0 Å². The summed E-state index contributed by atoms with van der Waals surface area (Å²) in [6.07, 6.45) is 1.89. The first kappa shape index (κ1) is 9.81. The molecule has 0 radical (unpaired) electrons. The van der Waals surface area contributed by atoms with Gasteiger partial charge in [-0.3, -0.25) is 4.79 Å². The monoisotopic (exact) mass is 228 g/mol. The minimum Gasteiger partial charge on any atom is -0.456 e. The van der Waals surface area contributed by atoms with Crippen molar-refractivity contribution < 1.29 is 19.0 Å². The molecule has 0 saturated carbocycles. The van der Waals surface area contributed by atoms with E-state index in [0.717, 1.165) is 19.4 Å². The molecule has 15 heavy (non-hydrogen) atoms. The molecule has 0 spiro atoms. The van der Waals surface area contributed by atoms with Gasteiger partial charge in [0.05, 0.1) is 12.0 Å². The lowest BCUT2D eigenvalue weighted by molar-refractivity contribution is -0.146. The van der Waals surface area contributed by atoms with E-state index >= 15 is 0 Å². The summed E-state index contributed by atoms with van der Waals surface area (Å²) in [5.41, 5.74) is 0. The van der Waals surface area contributed by atoms with Crippen LogP contribution in [0.5, 0.6) is 0 Å². The lowest BCUT2D eigenvalue weighted by atomic mass is 9.88. The lowest BCUT2D eigenvalue weighted by Crippen LogP contribution is -2.38. The molecule has 0 aromatic heterocycles. The molecule has 3 fully saturated rings. The van der Waals surface area contributed by atoms with Crippen molar-refractivity contribution >= 4 is 16.2 Å². The summed E-state index contributed by atoms with van der Waals surface area (Å²) in [6.45, 7) is 0.777. The summed E-state index contributed by atoms with van der Waals surface area (Å²) < 4.78 is 16.8. The van der Waals surface area contributed by atoms with Crippen LogP contribution in [0.3, 0.4) is 0 Å². The molecule has 5 unspecified atom stereocenters. The van der Waals surface area contributed by atoms with Crippen LogP contribution in [0, 0.1) is 5.92 Å². The van der Waals surface area contributed by atoms with Crippen LogP contribution in [0.2, 0.25) is 6.04 Å². The van der Waals surface area contributed by atoms with Gasteiger partial charge in [0.1, 0.15) is 12.2 Å². The van der Waals surface area contributed by atoms with Crippen molar-refractivity contribution in [3.8, 4) is 0 Å². The fourth-order valence-electron chi connectivity index (χ4n) is 2.80. The van der Waals surface area contributed by atoms with Crippen molar-refractivity contribution in [1.82, 2.24) is 0 Å². The zero-order valence-corrected chi connectivity index (χ0v) is 10.8. The number of hydrogen-bond donors (Lipinski definition) is 0. The molecular formula is C10H16O4Si. The number of esters is 1. The zero-order valence-electron chi connectivity index (χ0n) is 8.85. The van der Waals surface area contributed by atoms with Crippen LogP contribution >= 0.6 is 0 Å². The van der Waals surface area contributed by atoms with Crippen LogP contribution in [0.1, 0.15) is 12.8 Å². The van der Waals surface area contributed by atoms with Crippen molar-refractivity contribution in [2.45, 2.75) is 43.3 Å². The van der Waals surface area contributed by atoms with Crippen LogP contribution in [-0.4, -0.2) is 47.2 Å². The number of carbonyl (C=O) groups excluding carboxylic acids is 1. The minimum atomic E-state index is -0.115. The topological polar surface area (TPSA) is 44.8 Å². The van der Waals surface area contributed by atoms with Crippen LogP contribution in [-0.2, 0) is 19.0 Å². The summed E-state index contributed by atoms with van der Waals surface area (Å²) >= 11 is 0. The molecule has 0 aliphatic carbocycles. The maximum atomic E-state index is 11.4. The highest BCUT2D eigenvalue weighted by Gasteiger charge is 2.63. The highest BCUT2D eigenvalue weighted by atomic mass is 28.1. The molecule has 3 saturated heterocycles. The summed E-state index contributed by atoms with van der Waals surface area (Å²) in [5, 5.41) is 0. The first-order chi connectivity index (χ1) is 7.31. The number of fused-ring (bicyclic) bond motifs is 1. The second-order valence-corrected chi connectivity index (χ2v) is 5.57. The molecule has 3 rings (SSSR count). The minimum absolute atomic E-state index is 0.00145. The second kappa shape index (κ2) is 3.57. The molecule has 0 N–H and O–H groups in total. The van der Waals surface area contributed by atoms with E-state index in [0.29, 0.717) is 0 Å². The van der Waals surface area contributed by atoms with Crippen molar-refractivity contribution in [3.05, 3.63) is 0 Å². The molecule has 0 aromatic carbocycles. The molecule has 5 heteroatoms. The van der Waals surface area contributed by atoms with Gasteiger partial charge in [-0.2, -0.15) is 0 Å². The van der Waals surface area contributed by atoms with Crippen LogP contribution < -0.4 is 0 Å². The fourth-order valence-corrected chi connectivity index (χ4v) is 3.09. The van der Waals surface area contributed by atoms with E-state index in [1.807, 2.05) is 0 Å². The number of carbonyl (C=O) groups is 1. The predicted octanol–water partition coefficient (Wildman–Crippen LogP) is -0.742. The Bertz CT molecular complexity index is 283. The van der Waals surface area contributed by atoms with E-state index < -0.39 is 0 Å². The maximum absolute atomic E-state index is 11.4. The first-order valence-electron chi connectivity index (χ1n) is 5.79. The molecule has 3 heterocycles. The van der Waals surface area contributed by atoms with E-state index in [1.54, 1.807) is 0 Å². The molecule has 5 atom stereocenters. The molecule has 4 nitrogen and oxygen atoms in total. The van der Waals surface area contributed by atoms with E-state index in [9.17, 15) is 4.79 Å². The van der Waals surface area contributed by atoms with Gasteiger partial charge in [-0.25, -0.2) is 0 Å². The van der Waals surface area contributed by atoms with Gasteiger partial charge in [0, 0.05) is 16.8 Å². The van der Waals surface area contributed by atoms with Gasteiger partial charge in [-0.1, -0.05) is 6.04 Å². The highest BCUT2D eigenvalue weighted by Crippen LogP contribution is 2.47. The van der Waals surface area contributed by atoms with Crippen molar-refractivity contribution in [3.63, 3.8) is 0 Å². The zero-order chi connectivity index (χ0) is 10.4. The maximum Gasteiger partial charge on any atom is 0.312 e. The summed E-state index contributed by atoms with van der Waals surface area (Å²) in [7, 11) is 1.23. The third-order valence-electron chi connectivity index (χ3n) is 3.59. The van der Waals surface area contributed by atoms with E-state index in [4.69, 9.17) is 14.2 Å². The Hall–Kier alpha value is -0.393. The third-order valence-corrected chi connectivity index (χ3v) is 4.30. The SMILES string of the molecule is O=C1OC2C(OCCC[SiH3])C3CC1C2O3. The van der Waals surface area contributed by atoms with Gasteiger partial charge in [-0.05, 0) is 12.8 Å². The van der Waals surface area contributed by atoms with E-state index in [-0.39, 0.29) is 36.3 Å². The fraction of sp³-hybridized carbons (Fsp3) is 0.900. The van der Waals surface area contributed by atoms with Gasteiger partial charge in [0.15, 0.2) is 6.10 Å². The Morgan fingerprint density at radius 1 is 1.47 bits per heavy atom. The van der Waals surface area contributed by atoms with Crippen LogP contribution in [0.4, 0.5) is 0 Å². The standard InChI is InChI=1S/C10H16O4Si/c11-10-5-4-6-8(12-2-1-3-15)9(14-10)7(5)13-6/h5-9H,1-4H2,15H3. The molecular weight excluding hydrogens is 212 g/mol. The molecule has 3 aliphatic rings. The van der Waals surface area contributed by atoms with Gasteiger partial charge in [0.25, 0.3) is 0 Å². The smallest absolute Gasteiger partial charge is 0.312 e. The van der Waals surface area contributed by atoms with Gasteiger partial charge in [-0.15, -0.1) is 0 Å². The molecule has 0 aromatic rings. The Kier molecular flexibility index (Phi) is 2.33. The average molecular weight is 228 g/mol. The van der Waals surface area contributed by atoms with Crippen molar-refractivity contribution in [2.75, 3.05) is 6.61 Å². The summed E-state index contributed by atoms with van der Waals surface area (Å²) in [6, 6.07) is 1.26. The molecule has 84 valence electrons. The number of rotatable bonds is 4. The number of hydrogen-bond acceptors (Lipinski definition) is 4.